The Balaban J connectivity index is 0.000000198. The van der Waals surface area contributed by atoms with E-state index in [1.165, 1.54) is 0 Å². The topological polar surface area (TPSA) is 67.7 Å². The van der Waals surface area contributed by atoms with E-state index in [0.717, 1.165) is 22.5 Å². The largest absolute Gasteiger partial charge is 0.489 e. The second-order valence-corrected chi connectivity index (χ2v) is 9.38. The number of aryl methyl sites for hydroxylation is 2. The molecule has 0 radical (unpaired) electrons. The predicted molar refractivity (Wildman–Crippen MR) is 141 cm³/mol. The maximum atomic E-state index is 12.1. The molecule has 0 N–H and O–H groups in total. The van der Waals surface area contributed by atoms with Gasteiger partial charge in [0.1, 0.15) is 24.9 Å². The van der Waals surface area contributed by atoms with Crippen molar-refractivity contribution < 1.29 is 14.3 Å². The van der Waals surface area contributed by atoms with Gasteiger partial charge in [-0.25, -0.2) is 0 Å². The minimum absolute atomic E-state index is 0.0466. The molecule has 0 bridgehead atoms. The summed E-state index contributed by atoms with van der Waals surface area (Å²) < 4.78 is 7.22. The lowest BCUT2D eigenvalue weighted by Gasteiger charge is -2.35. The van der Waals surface area contributed by atoms with Crippen LogP contribution >= 0.6 is 34.8 Å². The third-order valence-electron chi connectivity index (χ3n) is 5.44. The first-order chi connectivity index (χ1) is 16.7. The number of benzene rings is 2. The summed E-state index contributed by atoms with van der Waals surface area (Å²) in [6, 6.07) is 15.0. The maximum Gasteiger partial charge on any atom is 0.260 e. The van der Waals surface area contributed by atoms with Crippen LogP contribution in [0.4, 0.5) is 11.4 Å². The highest BCUT2D eigenvalue weighted by atomic mass is 35.5. The molecule has 2 heterocycles. The molecular formula is C25H27Cl3N4O3. The van der Waals surface area contributed by atoms with E-state index in [4.69, 9.17) is 39.5 Å². The molecule has 1 aliphatic heterocycles. The standard InChI is InChI=1S/C14H16ClN3O.C11H11Cl2NO2/c1-11-5-3-6-12(2)14(11)18(13(19)9-15)10-17-8-4-7-16-17;1-7-6-16-9-5-3-2-4-8(9)14(7)11(15)10(12)13/h3-8H,9-10H2,1-2H3;2-5,7,10H,6H2,1H3. The number of alkyl halides is 3. The van der Waals surface area contributed by atoms with E-state index >= 15 is 0 Å². The zero-order valence-corrected chi connectivity index (χ0v) is 22.0. The zero-order chi connectivity index (χ0) is 25.5. The van der Waals surface area contributed by atoms with Crippen molar-refractivity contribution in [1.82, 2.24) is 9.78 Å². The first kappa shape index (κ1) is 26.9. The molecule has 3 aromatic rings. The number of hydrogen-bond donors (Lipinski definition) is 0. The van der Waals surface area contributed by atoms with E-state index in [2.05, 4.69) is 5.10 Å². The molecule has 1 aliphatic rings. The number of ether oxygens (including phenoxy) is 1. The molecule has 1 atom stereocenters. The number of para-hydroxylation sites is 3. The summed E-state index contributed by atoms with van der Waals surface area (Å²) in [7, 11) is 0. The van der Waals surface area contributed by atoms with E-state index in [9.17, 15) is 9.59 Å². The first-order valence-electron chi connectivity index (χ1n) is 11.0. The molecule has 35 heavy (non-hydrogen) atoms. The van der Waals surface area contributed by atoms with E-state index in [1.54, 1.807) is 20.7 Å². The van der Waals surface area contributed by atoms with Crippen molar-refractivity contribution in [3.8, 4) is 5.75 Å². The fourth-order valence-corrected chi connectivity index (χ4v) is 4.20. The fraction of sp³-hybridized carbons (Fsp3) is 0.320. The minimum Gasteiger partial charge on any atom is -0.489 e. The number of fused-ring (bicyclic) bond motifs is 1. The number of rotatable bonds is 5. The molecule has 1 aromatic heterocycles. The summed E-state index contributed by atoms with van der Waals surface area (Å²) in [6.07, 6.45) is 3.51. The normalized spacial score (nSPS) is 14.5. The summed E-state index contributed by atoms with van der Waals surface area (Å²) in [5.41, 5.74) is 3.72. The molecule has 0 saturated carbocycles. The van der Waals surface area contributed by atoms with Crippen molar-refractivity contribution in [1.29, 1.82) is 0 Å². The second-order valence-electron chi connectivity index (χ2n) is 8.02. The Morgan fingerprint density at radius 2 is 1.80 bits per heavy atom. The Morgan fingerprint density at radius 3 is 2.40 bits per heavy atom. The Kier molecular flexibility index (Phi) is 9.43. The molecule has 0 fully saturated rings. The highest BCUT2D eigenvalue weighted by Crippen LogP contribution is 2.34. The number of amides is 2. The Hall–Kier alpha value is -2.74. The van der Waals surface area contributed by atoms with Gasteiger partial charge in [-0.15, -0.1) is 11.6 Å². The van der Waals surface area contributed by atoms with Crippen LogP contribution in [0.25, 0.3) is 0 Å². The molecular weight excluding hydrogens is 511 g/mol. The van der Waals surface area contributed by atoms with Gasteiger partial charge < -0.3 is 9.64 Å². The van der Waals surface area contributed by atoms with Gasteiger partial charge in [0.15, 0.2) is 4.84 Å². The molecule has 1 unspecified atom stereocenters. The van der Waals surface area contributed by atoms with Crippen molar-refractivity contribution in [2.75, 3.05) is 22.3 Å². The summed E-state index contributed by atoms with van der Waals surface area (Å²) in [5.74, 6) is 0.193. The average Bonchev–Trinajstić information content (AvgIpc) is 3.36. The average molecular weight is 538 g/mol. The van der Waals surface area contributed by atoms with Crippen molar-refractivity contribution >= 4 is 58.0 Å². The van der Waals surface area contributed by atoms with Gasteiger partial charge >= 0.3 is 0 Å². The second kappa shape index (κ2) is 12.3. The number of carbonyl (C=O) groups excluding carboxylic acids is 2. The highest BCUT2D eigenvalue weighted by molar-refractivity contribution is 6.54. The number of aromatic nitrogens is 2. The van der Waals surface area contributed by atoms with E-state index in [-0.39, 0.29) is 23.7 Å². The van der Waals surface area contributed by atoms with Gasteiger partial charge in [-0.3, -0.25) is 19.2 Å². The molecule has 4 rings (SSSR count). The minimum atomic E-state index is -1.05. The van der Waals surface area contributed by atoms with Crippen LogP contribution in [0.15, 0.2) is 60.9 Å². The van der Waals surface area contributed by atoms with E-state index in [0.29, 0.717) is 19.0 Å². The summed E-state index contributed by atoms with van der Waals surface area (Å²) >= 11 is 17.0. The quantitative estimate of drug-likeness (QED) is 0.412. The molecule has 0 spiro atoms. The summed E-state index contributed by atoms with van der Waals surface area (Å²) in [6.45, 7) is 6.68. The molecule has 7 nitrogen and oxygen atoms in total. The highest BCUT2D eigenvalue weighted by Gasteiger charge is 2.32. The van der Waals surface area contributed by atoms with Gasteiger partial charge in [-0.05, 0) is 50.1 Å². The van der Waals surface area contributed by atoms with Crippen LogP contribution in [-0.2, 0) is 16.3 Å². The van der Waals surface area contributed by atoms with Crippen molar-refractivity contribution in [3.05, 3.63) is 72.1 Å². The van der Waals surface area contributed by atoms with Crippen LogP contribution < -0.4 is 14.5 Å². The lowest BCUT2D eigenvalue weighted by atomic mass is 10.1. The van der Waals surface area contributed by atoms with Crippen molar-refractivity contribution in [2.45, 2.75) is 38.3 Å². The van der Waals surface area contributed by atoms with Crippen molar-refractivity contribution in [2.24, 2.45) is 0 Å². The van der Waals surface area contributed by atoms with Gasteiger partial charge in [0.05, 0.1) is 17.4 Å². The van der Waals surface area contributed by atoms with Crippen LogP contribution in [0.2, 0.25) is 0 Å². The number of halogens is 3. The zero-order valence-electron chi connectivity index (χ0n) is 19.7. The molecule has 2 aromatic carbocycles. The Bertz CT molecular complexity index is 1130. The fourth-order valence-electron chi connectivity index (χ4n) is 3.85. The van der Waals surface area contributed by atoms with Gasteiger partial charge in [0.25, 0.3) is 5.91 Å². The molecule has 2 amide bonds. The molecule has 186 valence electrons. The number of carbonyl (C=O) groups is 2. The lowest BCUT2D eigenvalue weighted by molar-refractivity contribution is -0.118. The first-order valence-corrected chi connectivity index (χ1v) is 12.4. The molecule has 10 heteroatoms. The van der Waals surface area contributed by atoms with E-state index in [1.807, 2.05) is 75.5 Å². The summed E-state index contributed by atoms with van der Waals surface area (Å²) in [4.78, 5) is 26.2. The van der Waals surface area contributed by atoms with E-state index < -0.39 is 4.84 Å². The number of anilines is 2. The third-order valence-corrected chi connectivity index (χ3v) is 6.04. The van der Waals surface area contributed by atoms with Crippen LogP contribution in [0.3, 0.4) is 0 Å². The van der Waals surface area contributed by atoms with Gasteiger partial charge in [-0.2, -0.15) is 5.10 Å². The number of nitrogens with zero attached hydrogens (tertiary/aromatic N) is 4. The Labute approximate surface area is 220 Å². The predicted octanol–water partition coefficient (Wildman–Crippen LogP) is 5.33. The summed E-state index contributed by atoms with van der Waals surface area (Å²) in [5, 5.41) is 4.14. The molecule has 0 aliphatic carbocycles. The smallest absolute Gasteiger partial charge is 0.260 e. The Morgan fingerprint density at radius 1 is 1.11 bits per heavy atom. The number of hydrogen-bond acceptors (Lipinski definition) is 4. The van der Waals surface area contributed by atoms with Gasteiger partial charge in [-0.1, -0.05) is 53.5 Å². The van der Waals surface area contributed by atoms with Gasteiger partial charge in [0.2, 0.25) is 5.91 Å². The van der Waals surface area contributed by atoms with Crippen LogP contribution in [0.1, 0.15) is 18.1 Å². The van der Waals surface area contributed by atoms with Crippen LogP contribution in [-0.4, -0.2) is 45.0 Å². The van der Waals surface area contributed by atoms with Crippen LogP contribution in [0.5, 0.6) is 5.75 Å². The lowest BCUT2D eigenvalue weighted by Crippen LogP contribution is -2.47. The van der Waals surface area contributed by atoms with Crippen LogP contribution in [0, 0.1) is 13.8 Å². The SMILES string of the molecule is CC1COc2ccccc2N1C(=O)C(Cl)Cl.Cc1cccc(C)c1N(Cn1cccn1)C(=O)CCl. The maximum absolute atomic E-state index is 12.1. The van der Waals surface area contributed by atoms with Gasteiger partial charge in [0, 0.05) is 12.4 Å². The molecule has 0 saturated heterocycles. The van der Waals surface area contributed by atoms with Crippen molar-refractivity contribution in [3.63, 3.8) is 0 Å². The third kappa shape index (κ3) is 6.48. The monoisotopic (exact) mass is 536 g/mol.